The van der Waals surface area contributed by atoms with Crippen molar-refractivity contribution in [1.82, 2.24) is 0 Å². The molecule has 33 heavy (non-hydrogen) atoms. The van der Waals surface area contributed by atoms with Crippen LogP contribution >= 0.6 is 15.8 Å². The summed E-state index contributed by atoms with van der Waals surface area (Å²) in [6.07, 6.45) is 37.5. The maximum atomic E-state index is 2.75. The van der Waals surface area contributed by atoms with Gasteiger partial charge >= 0.3 is 0 Å². The number of rotatable bonds is 7. The Bertz CT molecular complexity index is 618. The van der Waals surface area contributed by atoms with Crippen molar-refractivity contribution >= 4 is 15.8 Å². The van der Waals surface area contributed by atoms with Gasteiger partial charge in [0.05, 0.1) is 0 Å². The second-order valence-corrected chi connectivity index (χ2v) is 18.2. The van der Waals surface area contributed by atoms with Crippen molar-refractivity contribution in [3.8, 4) is 0 Å². The molecule has 0 amide bonds. The molecule has 4 fully saturated rings. The molecule has 0 heterocycles. The van der Waals surface area contributed by atoms with E-state index in [0.29, 0.717) is 0 Å². The van der Waals surface area contributed by atoms with Crippen LogP contribution in [0.4, 0.5) is 0 Å². The lowest BCUT2D eigenvalue weighted by Crippen LogP contribution is -2.27. The van der Waals surface area contributed by atoms with Crippen molar-refractivity contribution in [2.24, 2.45) is 0 Å². The van der Waals surface area contributed by atoms with Gasteiger partial charge in [-0.2, -0.15) is 0 Å². The van der Waals surface area contributed by atoms with Crippen molar-refractivity contribution in [2.75, 3.05) is 0 Å². The molecule has 2 heteroatoms. The Balaban J connectivity index is 1.45. The molecule has 0 aromatic heterocycles. The average Bonchev–Trinajstić information content (AvgIpc) is 3.36. The molecule has 0 aromatic carbocycles. The predicted octanol–water partition coefficient (Wildman–Crippen LogP) is 10.9. The topological polar surface area (TPSA) is 0 Å². The van der Waals surface area contributed by atoms with Crippen LogP contribution in [0.25, 0.3) is 0 Å². The van der Waals surface area contributed by atoms with Gasteiger partial charge in [-0.15, -0.1) is 0 Å². The van der Waals surface area contributed by atoms with Crippen LogP contribution in [0.15, 0.2) is 23.0 Å². The number of allylic oxidation sites excluding steroid dienone is 4. The predicted molar refractivity (Wildman–Crippen MR) is 152 cm³/mol. The second kappa shape index (κ2) is 12.5. The van der Waals surface area contributed by atoms with Gasteiger partial charge in [-0.3, -0.25) is 0 Å². The van der Waals surface area contributed by atoms with E-state index >= 15 is 0 Å². The van der Waals surface area contributed by atoms with Crippen molar-refractivity contribution in [1.29, 1.82) is 0 Å². The Morgan fingerprint density at radius 3 is 1.39 bits per heavy atom. The SMILES string of the molecule is C[C@@H](C1=C(P(C2CCCCC2)C2CCCCC2)CC=C1)P(C1CCCCC1)C1CCCCC1. The van der Waals surface area contributed by atoms with Gasteiger partial charge in [0.2, 0.25) is 0 Å². The molecule has 4 saturated carbocycles. The molecule has 0 radical (unpaired) electrons. The molecule has 0 N–H and O–H groups in total. The smallest absolute Gasteiger partial charge is 0.00215 e. The zero-order valence-electron chi connectivity index (χ0n) is 21.8. The molecule has 0 nitrogen and oxygen atoms in total. The first kappa shape index (κ1) is 25.0. The van der Waals surface area contributed by atoms with Crippen LogP contribution in [-0.2, 0) is 0 Å². The van der Waals surface area contributed by atoms with E-state index in [1.807, 2.05) is 5.57 Å². The van der Waals surface area contributed by atoms with Gasteiger partial charge in [0.1, 0.15) is 0 Å². The van der Waals surface area contributed by atoms with E-state index in [1.165, 1.54) is 83.5 Å². The minimum absolute atomic E-state index is 0.0980. The van der Waals surface area contributed by atoms with E-state index in [4.69, 9.17) is 0 Å². The summed E-state index contributed by atoms with van der Waals surface area (Å²) >= 11 is 0. The Labute approximate surface area is 208 Å². The second-order valence-electron chi connectivity index (χ2n) is 12.2. The molecular weight excluding hydrogens is 434 g/mol. The van der Waals surface area contributed by atoms with Crippen LogP contribution in [0.1, 0.15) is 142 Å². The Hall–Kier alpha value is 0.340. The quantitative estimate of drug-likeness (QED) is 0.314. The summed E-state index contributed by atoms with van der Waals surface area (Å²) in [6.45, 7) is 2.75. The normalized spacial score (nSPS) is 28.3. The summed E-state index contributed by atoms with van der Waals surface area (Å²) in [7, 11) is 0.244. The molecule has 0 bridgehead atoms. The third-order valence-electron chi connectivity index (χ3n) is 10.1. The summed E-state index contributed by atoms with van der Waals surface area (Å²) in [5.41, 5.74) is 7.14. The van der Waals surface area contributed by atoms with E-state index in [-0.39, 0.29) is 15.8 Å². The maximum absolute atomic E-state index is 2.75. The standard InChI is InChI=1S/C31H52P2/c1-25(32(26-15-6-2-7-16-26)27-17-8-3-9-18-27)30-23-14-24-31(30)33(28-19-10-4-11-20-28)29-21-12-5-13-22-29/h14,23,25-29H,2-13,15-22,24H2,1H3/t25-/m0/s1. The highest BCUT2D eigenvalue weighted by Gasteiger charge is 2.40. The molecule has 5 aliphatic carbocycles. The summed E-state index contributed by atoms with van der Waals surface area (Å²) in [5.74, 6) is 0. The highest BCUT2D eigenvalue weighted by molar-refractivity contribution is 7.64. The minimum atomic E-state index is 0.0980. The van der Waals surface area contributed by atoms with E-state index in [9.17, 15) is 0 Å². The fourth-order valence-electron chi connectivity index (χ4n) is 8.45. The van der Waals surface area contributed by atoms with Crippen LogP contribution in [0.3, 0.4) is 0 Å². The minimum Gasteiger partial charge on any atom is -0.0929 e. The lowest BCUT2D eigenvalue weighted by Gasteiger charge is -2.44. The number of hydrogen-bond acceptors (Lipinski definition) is 0. The van der Waals surface area contributed by atoms with Crippen LogP contribution < -0.4 is 0 Å². The van der Waals surface area contributed by atoms with Gasteiger partial charge in [-0.1, -0.05) is 112 Å². The Kier molecular flexibility index (Phi) is 9.50. The van der Waals surface area contributed by atoms with E-state index in [1.54, 1.807) is 51.4 Å². The first-order chi connectivity index (χ1) is 16.3. The van der Waals surface area contributed by atoms with Crippen LogP contribution in [-0.4, -0.2) is 28.3 Å². The maximum Gasteiger partial charge on any atom is 0.00215 e. The molecule has 5 rings (SSSR count). The fourth-order valence-corrected chi connectivity index (χ4v) is 17.1. The molecule has 0 aromatic rings. The zero-order valence-corrected chi connectivity index (χ0v) is 23.6. The van der Waals surface area contributed by atoms with Crippen LogP contribution in [0, 0.1) is 0 Å². The van der Waals surface area contributed by atoms with Gasteiger partial charge in [0.25, 0.3) is 0 Å². The molecule has 1 atom stereocenters. The van der Waals surface area contributed by atoms with Crippen molar-refractivity contribution in [3.63, 3.8) is 0 Å². The van der Waals surface area contributed by atoms with Gasteiger partial charge < -0.3 is 0 Å². The molecule has 186 valence electrons. The van der Waals surface area contributed by atoms with E-state index in [0.717, 1.165) is 28.3 Å². The lowest BCUT2D eigenvalue weighted by atomic mass is 9.99. The van der Waals surface area contributed by atoms with Crippen LogP contribution in [0.2, 0.25) is 0 Å². The molecule has 0 spiro atoms. The zero-order chi connectivity index (χ0) is 22.5. The molecular formula is C31H52P2. The molecule has 0 saturated heterocycles. The summed E-state index contributed by atoms with van der Waals surface area (Å²) in [4.78, 5) is 0. The number of hydrogen-bond donors (Lipinski definition) is 0. The Morgan fingerprint density at radius 1 is 0.576 bits per heavy atom. The van der Waals surface area contributed by atoms with E-state index in [2.05, 4.69) is 24.4 Å². The van der Waals surface area contributed by atoms with Crippen molar-refractivity contribution in [3.05, 3.63) is 23.0 Å². The third-order valence-corrected chi connectivity index (χ3v) is 17.6. The summed E-state index contributed by atoms with van der Waals surface area (Å²) in [6, 6.07) is 0. The molecule has 0 unspecified atom stereocenters. The highest BCUT2D eigenvalue weighted by Crippen LogP contribution is 2.67. The highest BCUT2D eigenvalue weighted by atomic mass is 31.1. The van der Waals surface area contributed by atoms with Gasteiger partial charge in [0, 0.05) is 5.66 Å². The molecule has 5 aliphatic rings. The van der Waals surface area contributed by atoms with Gasteiger partial charge in [-0.25, -0.2) is 0 Å². The van der Waals surface area contributed by atoms with Crippen molar-refractivity contribution in [2.45, 2.75) is 170 Å². The largest absolute Gasteiger partial charge is 0.0929 e. The first-order valence-corrected chi connectivity index (χ1v) is 18.3. The third kappa shape index (κ3) is 6.02. The van der Waals surface area contributed by atoms with Gasteiger partial charge in [0.15, 0.2) is 0 Å². The van der Waals surface area contributed by atoms with Crippen molar-refractivity contribution < 1.29 is 0 Å². The summed E-state index contributed by atoms with van der Waals surface area (Å²) in [5, 5.41) is 2.05. The average molecular weight is 487 g/mol. The van der Waals surface area contributed by atoms with Gasteiger partial charge in [-0.05, 0) is 91.3 Å². The fraction of sp³-hybridized carbons (Fsp3) is 0.871. The monoisotopic (exact) mass is 486 g/mol. The van der Waals surface area contributed by atoms with Crippen LogP contribution in [0.5, 0.6) is 0 Å². The molecule has 0 aliphatic heterocycles. The van der Waals surface area contributed by atoms with E-state index < -0.39 is 0 Å². The summed E-state index contributed by atoms with van der Waals surface area (Å²) < 4.78 is 0. The first-order valence-electron chi connectivity index (χ1n) is 15.3. The lowest BCUT2D eigenvalue weighted by molar-refractivity contribution is 0.482. The Morgan fingerprint density at radius 2 is 0.970 bits per heavy atom.